The van der Waals surface area contributed by atoms with Crippen molar-refractivity contribution in [3.8, 4) is 11.6 Å². The molecule has 0 bridgehead atoms. The third-order valence-electron chi connectivity index (χ3n) is 4.08. The first-order valence-corrected chi connectivity index (χ1v) is 9.06. The van der Waals surface area contributed by atoms with Crippen LogP contribution in [0.5, 0.6) is 11.6 Å². The normalized spacial score (nSPS) is 11.9. The maximum Gasteiger partial charge on any atom is 0.333 e. The van der Waals surface area contributed by atoms with Crippen LogP contribution in [0.15, 0.2) is 54.9 Å². The Morgan fingerprint density at radius 2 is 1.79 bits per heavy atom. The van der Waals surface area contributed by atoms with Gasteiger partial charge < -0.3 is 19.3 Å². The lowest BCUT2D eigenvalue weighted by Crippen LogP contribution is -2.26. The van der Waals surface area contributed by atoms with Crippen LogP contribution in [0.1, 0.15) is 12.5 Å². The second kappa shape index (κ2) is 9.66. The molecule has 0 radical (unpaired) electrons. The van der Waals surface area contributed by atoms with Crippen molar-refractivity contribution in [3.63, 3.8) is 0 Å². The Kier molecular flexibility index (Phi) is 6.75. The number of carboxylic acid groups (broad SMARTS) is 1. The van der Waals surface area contributed by atoms with Crippen molar-refractivity contribution >= 4 is 16.9 Å². The van der Waals surface area contributed by atoms with Gasteiger partial charge in [-0.3, -0.25) is 0 Å². The van der Waals surface area contributed by atoms with Crippen LogP contribution in [0.4, 0.5) is 0 Å². The zero-order chi connectivity index (χ0) is 19.8. The molecule has 0 amide bonds. The van der Waals surface area contributed by atoms with Crippen molar-refractivity contribution in [2.45, 2.75) is 19.4 Å². The highest BCUT2D eigenvalue weighted by Crippen LogP contribution is 2.20. The van der Waals surface area contributed by atoms with Crippen molar-refractivity contribution in [2.75, 3.05) is 19.8 Å². The van der Waals surface area contributed by atoms with Crippen LogP contribution in [-0.4, -0.2) is 47.0 Å². The monoisotopic (exact) mass is 382 g/mol. The molecular weight excluding hydrogens is 360 g/mol. The van der Waals surface area contributed by atoms with Crippen LogP contribution in [0.2, 0.25) is 0 Å². The molecule has 2 aromatic carbocycles. The highest BCUT2D eigenvalue weighted by Gasteiger charge is 2.17. The number of para-hydroxylation sites is 1. The molecule has 28 heavy (non-hydrogen) atoms. The minimum Gasteiger partial charge on any atom is -0.490 e. The van der Waals surface area contributed by atoms with E-state index in [-0.39, 0.29) is 0 Å². The van der Waals surface area contributed by atoms with Crippen LogP contribution < -0.4 is 9.47 Å². The first-order valence-electron chi connectivity index (χ1n) is 9.06. The lowest BCUT2D eigenvalue weighted by atomic mass is 10.1. The molecule has 7 nitrogen and oxygen atoms in total. The highest BCUT2D eigenvalue weighted by atomic mass is 16.5. The zero-order valence-corrected chi connectivity index (χ0v) is 15.6. The lowest BCUT2D eigenvalue weighted by molar-refractivity contribution is -0.149. The number of ether oxygens (including phenoxy) is 3. The zero-order valence-electron chi connectivity index (χ0n) is 15.6. The smallest absolute Gasteiger partial charge is 0.333 e. The number of aromatic nitrogens is 2. The molecule has 1 heterocycles. The third-order valence-corrected chi connectivity index (χ3v) is 4.08. The average molecular weight is 382 g/mol. The molecule has 1 atom stereocenters. The summed E-state index contributed by atoms with van der Waals surface area (Å²) in [5.74, 6) is 0.250. The minimum absolute atomic E-state index is 0.313. The predicted octanol–water partition coefficient (Wildman–Crippen LogP) is 3.12. The summed E-state index contributed by atoms with van der Waals surface area (Å²) in [6.45, 7) is 2.83. The summed E-state index contributed by atoms with van der Waals surface area (Å²) < 4.78 is 16.6. The Bertz CT molecular complexity index is 909. The number of fused-ring (bicyclic) bond motifs is 1. The molecule has 1 aromatic heterocycles. The van der Waals surface area contributed by atoms with E-state index in [1.807, 2.05) is 36.4 Å². The number of carbonyl (C=O) groups is 1. The number of rotatable bonds is 10. The lowest BCUT2D eigenvalue weighted by Gasteiger charge is -2.13. The van der Waals surface area contributed by atoms with Gasteiger partial charge in [0, 0.05) is 13.0 Å². The van der Waals surface area contributed by atoms with Gasteiger partial charge in [0.05, 0.1) is 10.9 Å². The summed E-state index contributed by atoms with van der Waals surface area (Å²) in [7, 11) is 0. The Balaban J connectivity index is 1.49. The van der Waals surface area contributed by atoms with Crippen molar-refractivity contribution in [1.82, 2.24) is 9.97 Å². The van der Waals surface area contributed by atoms with E-state index in [4.69, 9.17) is 19.3 Å². The van der Waals surface area contributed by atoms with Gasteiger partial charge in [-0.1, -0.05) is 24.3 Å². The van der Waals surface area contributed by atoms with Gasteiger partial charge in [-0.25, -0.2) is 14.8 Å². The summed E-state index contributed by atoms with van der Waals surface area (Å²) in [6.07, 6.45) is 0.949. The molecule has 0 spiro atoms. The molecule has 3 rings (SSSR count). The predicted molar refractivity (Wildman–Crippen MR) is 104 cm³/mol. The number of carboxylic acids is 1. The second-order valence-corrected chi connectivity index (χ2v) is 6.02. The molecule has 1 N–H and O–H groups in total. The Hall–Kier alpha value is -3.19. The molecule has 3 aromatic rings. The van der Waals surface area contributed by atoms with E-state index in [1.54, 1.807) is 19.1 Å². The summed E-state index contributed by atoms with van der Waals surface area (Å²) in [5.41, 5.74) is 1.70. The van der Waals surface area contributed by atoms with Crippen LogP contribution in [-0.2, 0) is 16.0 Å². The van der Waals surface area contributed by atoms with Crippen molar-refractivity contribution < 1.29 is 24.1 Å². The van der Waals surface area contributed by atoms with Gasteiger partial charge in [-0.15, -0.1) is 0 Å². The topological polar surface area (TPSA) is 90.8 Å². The van der Waals surface area contributed by atoms with Crippen molar-refractivity contribution in [2.24, 2.45) is 0 Å². The Morgan fingerprint density at radius 3 is 2.54 bits per heavy atom. The number of aliphatic carboxylic acids is 1. The molecule has 0 saturated heterocycles. The minimum atomic E-state index is -0.962. The molecule has 7 heteroatoms. The van der Waals surface area contributed by atoms with Crippen molar-refractivity contribution in [1.29, 1.82) is 0 Å². The fourth-order valence-corrected chi connectivity index (χ4v) is 2.75. The van der Waals surface area contributed by atoms with Gasteiger partial charge in [-0.2, -0.15) is 0 Å². The van der Waals surface area contributed by atoms with Gasteiger partial charge in [-0.05, 0) is 36.8 Å². The standard InChI is InChI=1S/C21H22N2O5/c1-2-26-19(21(24)25)13-15-7-9-16(10-8-15)27-11-12-28-20-17-5-3-4-6-18(17)22-14-23-20/h3-10,14,19H,2,11-13H2,1H3,(H,24,25). The number of hydrogen-bond acceptors (Lipinski definition) is 6. The van der Waals surface area contributed by atoms with E-state index >= 15 is 0 Å². The van der Waals surface area contributed by atoms with E-state index in [9.17, 15) is 4.79 Å². The summed E-state index contributed by atoms with van der Waals surface area (Å²) in [4.78, 5) is 19.5. The summed E-state index contributed by atoms with van der Waals surface area (Å²) in [6, 6.07) is 14.9. The summed E-state index contributed by atoms with van der Waals surface area (Å²) >= 11 is 0. The number of nitrogens with zero attached hydrogens (tertiary/aromatic N) is 2. The van der Waals surface area contributed by atoms with E-state index in [1.165, 1.54) is 6.33 Å². The van der Waals surface area contributed by atoms with Crippen LogP contribution in [0, 0.1) is 0 Å². The highest BCUT2D eigenvalue weighted by molar-refractivity contribution is 5.82. The van der Waals surface area contributed by atoms with Gasteiger partial charge in [0.15, 0.2) is 6.10 Å². The van der Waals surface area contributed by atoms with E-state index in [0.717, 1.165) is 16.5 Å². The van der Waals surface area contributed by atoms with Crippen LogP contribution in [0.25, 0.3) is 10.9 Å². The van der Waals surface area contributed by atoms with Crippen LogP contribution >= 0.6 is 0 Å². The molecule has 0 saturated carbocycles. The van der Waals surface area contributed by atoms with E-state index in [0.29, 0.717) is 37.9 Å². The Morgan fingerprint density at radius 1 is 1.04 bits per heavy atom. The first kappa shape index (κ1) is 19.6. The number of benzene rings is 2. The van der Waals surface area contributed by atoms with Gasteiger partial charge >= 0.3 is 5.97 Å². The molecule has 0 fully saturated rings. The first-order chi connectivity index (χ1) is 13.7. The summed E-state index contributed by atoms with van der Waals surface area (Å²) in [5, 5.41) is 10.0. The number of hydrogen-bond donors (Lipinski definition) is 1. The molecule has 0 aliphatic rings. The fraction of sp³-hybridized carbons (Fsp3) is 0.286. The molecule has 146 valence electrons. The fourth-order valence-electron chi connectivity index (χ4n) is 2.75. The quantitative estimate of drug-likeness (QED) is 0.539. The Labute approximate surface area is 162 Å². The largest absolute Gasteiger partial charge is 0.490 e. The third kappa shape index (κ3) is 5.17. The molecule has 0 aliphatic carbocycles. The maximum absolute atomic E-state index is 11.2. The van der Waals surface area contributed by atoms with Gasteiger partial charge in [0.1, 0.15) is 25.3 Å². The maximum atomic E-state index is 11.2. The van der Waals surface area contributed by atoms with Gasteiger partial charge in [0.2, 0.25) is 5.88 Å². The van der Waals surface area contributed by atoms with E-state index < -0.39 is 12.1 Å². The molecule has 0 aliphatic heterocycles. The average Bonchev–Trinajstić information content (AvgIpc) is 2.72. The van der Waals surface area contributed by atoms with Crippen LogP contribution in [0.3, 0.4) is 0 Å². The molecular formula is C21H22N2O5. The van der Waals surface area contributed by atoms with E-state index in [2.05, 4.69) is 9.97 Å². The SMILES string of the molecule is CCOC(Cc1ccc(OCCOc2ncnc3ccccc23)cc1)C(=O)O. The van der Waals surface area contributed by atoms with Crippen molar-refractivity contribution in [3.05, 3.63) is 60.4 Å². The second-order valence-electron chi connectivity index (χ2n) is 6.02. The molecule has 1 unspecified atom stereocenters. The van der Waals surface area contributed by atoms with Gasteiger partial charge in [0.25, 0.3) is 0 Å².